The number of rotatable bonds is 5. The summed E-state index contributed by atoms with van der Waals surface area (Å²) in [7, 11) is 0. The van der Waals surface area contributed by atoms with Gasteiger partial charge in [0.25, 0.3) is 0 Å². The van der Waals surface area contributed by atoms with Gasteiger partial charge in [-0.2, -0.15) is 5.10 Å². The van der Waals surface area contributed by atoms with Crippen molar-refractivity contribution in [3.8, 4) is 0 Å². The number of carbonyl (C=O) groups is 1. The molecule has 1 aliphatic heterocycles. The van der Waals surface area contributed by atoms with Crippen molar-refractivity contribution in [3.63, 3.8) is 0 Å². The van der Waals surface area contributed by atoms with E-state index in [1.807, 2.05) is 4.68 Å². The highest BCUT2D eigenvalue weighted by molar-refractivity contribution is 5.69. The van der Waals surface area contributed by atoms with Crippen LogP contribution >= 0.6 is 0 Å². The van der Waals surface area contributed by atoms with Gasteiger partial charge in [0.15, 0.2) is 0 Å². The molecular weight excluding hydrogens is 232 g/mol. The van der Waals surface area contributed by atoms with E-state index in [4.69, 9.17) is 5.11 Å². The van der Waals surface area contributed by atoms with Crippen LogP contribution in [0.5, 0.6) is 0 Å². The Morgan fingerprint density at radius 1 is 1.33 bits per heavy atom. The molecule has 100 valence electrons. The molecule has 0 radical (unpaired) electrons. The monoisotopic (exact) mass is 252 g/mol. The molecule has 0 aliphatic carbocycles. The highest BCUT2D eigenvalue weighted by Crippen LogP contribution is 2.17. The van der Waals surface area contributed by atoms with Crippen molar-refractivity contribution in [2.45, 2.75) is 32.2 Å². The van der Waals surface area contributed by atoms with Gasteiger partial charge in [0.2, 0.25) is 0 Å². The van der Waals surface area contributed by atoms with Gasteiger partial charge >= 0.3 is 5.97 Å². The van der Waals surface area contributed by atoms with Crippen molar-refractivity contribution in [1.82, 2.24) is 19.7 Å². The SMILES string of the molecule is O=C(O)C1CCCN(CCCn2cncn2)CC1. The molecule has 0 saturated carbocycles. The molecule has 18 heavy (non-hydrogen) atoms. The Hall–Kier alpha value is -1.43. The van der Waals surface area contributed by atoms with Crippen LogP contribution in [0.25, 0.3) is 0 Å². The maximum absolute atomic E-state index is 10.9. The van der Waals surface area contributed by atoms with Crippen LogP contribution in [0.4, 0.5) is 0 Å². The van der Waals surface area contributed by atoms with E-state index in [9.17, 15) is 4.79 Å². The lowest BCUT2D eigenvalue weighted by molar-refractivity contribution is -0.142. The molecule has 1 fully saturated rings. The van der Waals surface area contributed by atoms with E-state index in [0.717, 1.165) is 51.9 Å². The number of likely N-dealkylation sites (tertiary alicyclic amines) is 1. The zero-order valence-electron chi connectivity index (χ0n) is 10.5. The van der Waals surface area contributed by atoms with Gasteiger partial charge in [-0.3, -0.25) is 9.48 Å². The molecule has 0 amide bonds. The summed E-state index contributed by atoms with van der Waals surface area (Å²) in [5.41, 5.74) is 0. The molecule has 1 aliphatic rings. The summed E-state index contributed by atoms with van der Waals surface area (Å²) < 4.78 is 1.83. The Morgan fingerprint density at radius 3 is 2.94 bits per heavy atom. The summed E-state index contributed by atoms with van der Waals surface area (Å²) in [6, 6.07) is 0. The van der Waals surface area contributed by atoms with Crippen molar-refractivity contribution in [1.29, 1.82) is 0 Å². The molecule has 0 bridgehead atoms. The summed E-state index contributed by atoms with van der Waals surface area (Å²) in [6.45, 7) is 3.79. The van der Waals surface area contributed by atoms with Gasteiger partial charge in [-0.25, -0.2) is 4.98 Å². The van der Waals surface area contributed by atoms with Gasteiger partial charge in [0.05, 0.1) is 5.92 Å². The van der Waals surface area contributed by atoms with E-state index in [1.54, 1.807) is 12.7 Å². The quantitative estimate of drug-likeness (QED) is 0.841. The summed E-state index contributed by atoms with van der Waals surface area (Å²) in [6.07, 6.45) is 6.88. The van der Waals surface area contributed by atoms with Gasteiger partial charge in [-0.05, 0) is 45.3 Å². The lowest BCUT2D eigenvalue weighted by Gasteiger charge is -2.19. The van der Waals surface area contributed by atoms with Crippen molar-refractivity contribution in [2.24, 2.45) is 5.92 Å². The zero-order chi connectivity index (χ0) is 12.8. The first-order valence-electron chi connectivity index (χ1n) is 6.53. The Bertz CT molecular complexity index is 366. The van der Waals surface area contributed by atoms with Crippen LogP contribution in [-0.2, 0) is 11.3 Å². The normalized spacial score (nSPS) is 21.7. The topological polar surface area (TPSA) is 71.2 Å². The van der Waals surface area contributed by atoms with Crippen molar-refractivity contribution in [2.75, 3.05) is 19.6 Å². The lowest BCUT2D eigenvalue weighted by Crippen LogP contribution is -2.27. The second kappa shape index (κ2) is 6.49. The summed E-state index contributed by atoms with van der Waals surface area (Å²) in [5, 5.41) is 13.1. The molecule has 1 aromatic heterocycles. The lowest BCUT2D eigenvalue weighted by atomic mass is 10.0. The third-order valence-electron chi connectivity index (χ3n) is 3.50. The number of aliphatic carboxylic acids is 1. The minimum Gasteiger partial charge on any atom is -0.481 e. The number of hydrogen-bond donors (Lipinski definition) is 1. The van der Waals surface area contributed by atoms with Crippen molar-refractivity contribution >= 4 is 5.97 Å². The summed E-state index contributed by atoms with van der Waals surface area (Å²) in [4.78, 5) is 17.2. The Morgan fingerprint density at radius 2 is 2.22 bits per heavy atom. The van der Waals surface area contributed by atoms with Crippen LogP contribution in [0.15, 0.2) is 12.7 Å². The second-order valence-corrected chi connectivity index (χ2v) is 4.82. The molecule has 1 unspecified atom stereocenters. The first kappa shape index (κ1) is 13.0. The molecule has 0 aromatic carbocycles. The van der Waals surface area contributed by atoms with Gasteiger partial charge < -0.3 is 10.0 Å². The minimum absolute atomic E-state index is 0.148. The van der Waals surface area contributed by atoms with Crippen LogP contribution in [0.3, 0.4) is 0 Å². The average molecular weight is 252 g/mol. The van der Waals surface area contributed by atoms with E-state index in [0.29, 0.717) is 0 Å². The number of nitrogens with zero attached hydrogens (tertiary/aromatic N) is 4. The van der Waals surface area contributed by atoms with E-state index in [-0.39, 0.29) is 5.92 Å². The summed E-state index contributed by atoms with van der Waals surface area (Å²) in [5.74, 6) is -0.787. The van der Waals surface area contributed by atoms with E-state index in [1.165, 1.54) is 0 Å². The van der Waals surface area contributed by atoms with Gasteiger partial charge in [0, 0.05) is 6.54 Å². The van der Waals surface area contributed by atoms with Crippen LogP contribution in [0.2, 0.25) is 0 Å². The van der Waals surface area contributed by atoms with Crippen molar-refractivity contribution in [3.05, 3.63) is 12.7 Å². The Kier molecular flexibility index (Phi) is 4.69. The third-order valence-corrected chi connectivity index (χ3v) is 3.50. The molecule has 1 aromatic rings. The van der Waals surface area contributed by atoms with Crippen LogP contribution in [0, 0.1) is 5.92 Å². The van der Waals surface area contributed by atoms with Gasteiger partial charge in [-0.15, -0.1) is 0 Å². The maximum atomic E-state index is 10.9. The van der Waals surface area contributed by atoms with Crippen LogP contribution in [-0.4, -0.2) is 50.4 Å². The molecule has 1 N–H and O–H groups in total. The smallest absolute Gasteiger partial charge is 0.306 e. The van der Waals surface area contributed by atoms with Crippen LogP contribution < -0.4 is 0 Å². The number of aryl methyl sites for hydroxylation is 1. The largest absolute Gasteiger partial charge is 0.481 e. The highest BCUT2D eigenvalue weighted by atomic mass is 16.4. The van der Waals surface area contributed by atoms with Gasteiger partial charge in [-0.1, -0.05) is 0 Å². The zero-order valence-corrected chi connectivity index (χ0v) is 10.5. The van der Waals surface area contributed by atoms with Crippen molar-refractivity contribution < 1.29 is 9.90 Å². The van der Waals surface area contributed by atoms with E-state index in [2.05, 4.69) is 15.0 Å². The highest BCUT2D eigenvalue weighted by Gasteiger charge is 2.21. The molecule has 0 spiro atoms. The molecule has 6 nitrogen and oxygen atoms in total. The fourth-order valence-corrected chi connectivity index (χ4v) is 2.43. The molecule has 2 heterocycles. The van der Waals surface area contributed by atoms with Gasteiger partial charge in [0.1, 0.15) is 12.7 Å². The second-order valence-electron chi connectivity index (χ2n) is 4.82. The number of hydrogen-bond acceptors (Lipinski definition) is 4. The minimum atomic E-state index is -0.639. The predicted octanol–water partition coefficient (Wildman–Crippen LogP) is 0.855. The molecule has 6 heteroatoms. The predicted molar refractivity (Wildman–Crippen MR) is 66.1 cm³/mol. The van der Waals surface area contributed by atoms with E-state index >= 15 is 0 Å². The molecule has 1 atom stereocenters. The number of aromatic nitrogens is 3. The van der Waals surface area contributed by atoms with Crippen LogP contribution in [0.1, 0.15) is 25.7 Å². The fraction of sp³-hybridized carbons (Fsp3) is 0.750. The standard InChI is InChI=1S/C12H20N4O2/c17-12(18)11-3-1-5-15(8-4-11)6-2-7-16-10-13-9-14-16/h9-11H,1-8H2,(H,17,18). The number of carboxylic acid groups (broad SMARTS) is 1. The molecular formula is C12H20N4O2. The van der Waals surface area contributed by atoms with E-state index < -0.39 is 5.97 Å². The fourth-order valence-electron chi connectivity index (χ4n) is 2.43. The molecule has 1 saturated heterocycles. The Balaban J connectivity index is 1.69. The Labute approximate surface area is 107 Å². The average Bonchev–Trinajstić information content (AvgIpc) is 2.73. The summed E-state index contributed by atoms with van der Waals surface area (Å²) >= 11 is 0. The molecule has 2 rings (SSSR count). The third kappa shape index (κ3) is 3.80. The maximum Gasteiger partial charge on any atom is 0.306 e. The number of carboxylic acids is 1. The first-order valence-corrected chi connectivity index (χ1v) is 6.53. The first-order chi connectivity index (χ1) is 8.75.